The van der Waals surface area contributed by atoms with Crippen molar-refractivity contribution in [2.75, 3.05) is 11.9 Å². The highest BCUT2D eigenvalue weighted by atomic mass is 16.5. The lowest BCUT2D eigenvalue weighted by atomic mass is 10.1. The van der Waals surface area contributed by atoms with Crippen molar-refractivity contribution in [2.45, 2.75) is 122 Å². The van der Waals surface area contributed by atoms with Crippen LogP contribution in [0.1, 0.15) is 116 Å². The van der Waals surface area contributed by atoms with Crippen LogP contribution in [0.4, 0.5) is 5.82 Å². The van der Waals surface area contributed by atoms with E-state index in [0.717, 1.165) is 32.1 Å². The van der Waals surface area contributed by atoms with Gasteiger partial charge < -0.3 is 15.2 Å². The summed E-state index contributed by atoms with van der Waals surface area (Å²) < 4.78 is 7.70. The number of allylic oxidation sites excluding steroid dienone is 2. The molecule has 0 radical (unpaired) electrons. The van der Waals surface area contributed by atoms with Gasteiger partial charge in [0.2, 0.25) is 5.91 Å². The van der Waals surface area contributed by atoms with Gasteiger partial charge in [0, 0.05) is 6.42 Å². The second-order valence-corrected chi connectivity index (χ2v) is 9.90. The van der Waals surface area contributed by atoms with Gasteiger partial charge in [-0.3, -0.25) is 9.36 Å². The fraction of sp³-hybridized carbons (Fsp3) is 0.714. The number of ether oxygens (including phenoxy) is 1. The first-order valence-corrected chi connectivity index (χ1v) is 14.1. The molecule has 1 aliphatic rings. The molecule has 2 aromatic heterocycles. The Labute approximate surface area is 216 Å². The van der Waals surface area contributed by atoms with Crippen molar-refractivity contribution >= 4 is 22.9 Å². The molecule has 0 spiro atoms. The second-order valence-electron chi connectivity index (χ2n) is 9.90. The predicted molar refractivity (Wildman–Crippen MR) is 144 cm³/mol. The van der Waals surface area contributed by atoms with Crippen LogP contribution in [0.5, 0.6) is 0 Å². The van der Waals surface area contributed by atoms with Crippen molar-refractivity contribution in [3.8, 4) is 0 Å². The topological polar surface area (TPSA) is 102 Å². The van der Waals surface area contributed by atoms with Crippen LogP contribution in [0.2, 0.25) is 0 Å². The van der Waals surface area contributed by atoms with Gasteiger partial charge in [-0.15, -0.1) is 0 Å². The predicted octanol–water partition coefficient (Wildman–Crippen LogP) is 6.47. The highest BCUT2D eigenvalue weighted by molar-refractivity contribution is 5.96. The van der Waals surface area contributed by atoms with Crippen molar-refractivity contribution in [2.24, 2.45) is 0 Å². The molecule has 36 heavy (non-hydrogen) atoms. The number of fused-ring (bicyclic) bond motifs is 1. The Kier molecular flexibility index (Phi) is 12.9. The van der Waals surface area contributed by atoms with Crippen molar-refractivity contribution in [3.05, 3.63) is 24.8 Å². The largest absolute Gasteiger partial charge is 0.394 e. The first-order chi connectivity index (χ1) is 17.7. The van der Waals surface area contributed by atoms with E-state index >= 15 is 0 Å². The molecule has 0 unspecified atom stereocenters. The number of aliphatic hydroxyl groups excluding tert-OH is 1. The maximum atomic E-state index is 12.5. The van der Waals surface area contributed by atoms with Crippen LogP contribution >= 0.6 is 0 Å². The van der Waals surface area contributed by atoms with E-state index in [1.807, 2.05) is 4.57 Å². The SMILES string of the molecule is CCCCCCCC/C=C\CCCCCCCC(=O)Nc1ncnc2c1ncn2[C@H]1CC[C@@H](CO)O1. The maximum Gasteiger partial charge on any atom is 0.225 e. The summed E-state index contributed by atoms with van der Waals surface area (Å²) in [5.74, 6) is 0.396. The Hall–Kier alpha value is -2.32. The Morgan fingerprint density at radius 1 is 1.00 bits per heavy atom. The lowest BCUT2D eigenvalue weighted by molar-refractivity contribution is -0.116. The zero-order valence-electron chi connectivity index (χ0n) is 22.0. The van der Waals surface area contributed by atoms with Crippen molar-refractivity contribution < 1.29 is 14.6 Å². The summed E-state index contributed by atoms with van der Waals surface area (Å²) in [6.45, 7) is 2.27. The van der Waals surface area contributed by atoms with Crippen molar-refractivity contribution in [1.82, 2.24) is 19.5 Å². The molecule has 200 valence electrons. The number of hydrogen-bond acceptors (Lipinski definition) is 6. The number of carbonyl (C=O) groups excluding carboxylic acids is 1. The van der Waals surface area contributed by atoms with E-state index in [2.05, 4.69) is 39.3 Å². The van der Waals surface area contributed by atoms with Gasteiger partial charge >= 0.3 is 0 Å². The van der Waals surface area contributed by atoms with Crippen LogP contribution in [0, 0.1) is 0 Å². The number of nitrogens with one attached hydrogen (secondary N) is 1. The zero-order valence-corrected chi connectivity index (χ0v) is 22.0. The van der Waals surface area contributed by atoms with Crippen molar-refractivity contribution in [3.63, 3.8) is 0 Å². The normalized spacial score (nSPS) is 17.9. The molecule has 2 aromatic rings. The van der Waals surface area contributed by atoms with E-state index in [0.29, 0.717) is 23.4 Å². The second kappa shape index (κ2) is 16.4. The number of anilines is 1. The standard InChI is InChI=1S/C28H45N5O3/c1-2-3-4-5-6-7-8-9-10-11-12-13-14-15-16-17-24(35)32-27-26-28(30-21-29-27)33(22-31-26)25-19-18-23(20-34)36-25/h9-10,21-23,25,34H,2-8,11-20H2,1H3,(H,29,30,32,35)/b10-9-/t23-,25+/m0/s1. The molecule has 2 N–H and O–H groups in total. The third kappa shape index (κ3) is 9.28. The van der Waals surface area contributed by atoms with Crippen LogP contribution < -0.4 is 5.32 Å². The molecule has 2 atom stereocenters. The van der Waals surface area contributed by atoms with E-state index in [1.165, 1.54) is 70.5 Å². The number of rotatable bonds is 18. The number of unbranched alkanes of at least 4 members (excludes halogenated alkanes) is 11. The summed E-state index contributed by atoms with van der Waals surface area (Å²) in [5, 5.41) is 12.2. The number of hydrogen-bond donors (Lipinski definition) is 2. The summed E-state index contributed by atoms with van der Waals surface area (Å²) in [6, 6.07) is 0. The number of imidazole rings is 1. The van der Waals surface area contributed by atoms with Gasteiger partial charge in [0.25, 0.3) is 0 Å². The quantitative estimate of drug-likeness (QED) is 0.180. The summed E-state index contributed by atoms with van der Waals surface area (Å²) in [7, 11) is 0. The van der Waals surface area contributed by atoms with Gasteiger partial charge in [0.05, 0.1) is 19.0 Å². The van der Waals surface area contributed by atoms with E-state index < -0.39 is 0 Å². The highest BCUT2D eigenvalue weighted by Crippen LogP contribution is 2.31. The first-order valence-electron chi connectivity index (χ1n) is 14.1. The van der Waals surface area contributed by atoms with Gasteiger partial charge in [0.15, 0.2) is 17.0 Å². The number of aliphatic hydroxyl groups is 1. The molecule has 0 aliphatic carbocycles. The Morgan fingerprint density at radius 3 is 2.39 bits per heavy atom. The van der Waals surface area contributed by atoms with Crippen LogP contribution in [0.15, 0.2) is 24.8 Å². The fourth-order valence-electron chi connectivity index (χ4n) is 4.73. The summed E-state index contributed by atoms with van der Waals surface area (Å²) in [5.41, 5.74) is 1.19. The minimum Gasteiger partial charge on any atom is -0.394 e. The number of nitrogens with zero attached hydrogens (tertiary/aromatic N) is 4. The third-order valence-electron chi connectivity index (χ3n) is 6.88. The minimum atomic E-state index is -0.207. The molecular formula is C28H45N5O3. The van der Waals surface area contributed by atoms with Gasteiger partial charge in [0.1, 0.15) is 12.6 Å². The van der Waals surface area contributed by atoms with E-state index in [-0.39, 0.29) is 24.8 Å². The molecule has 0 saturated carbocycles. The molecule has 1 aliphatic heterocycles. The summed E-state index contributed by atoms with van der Waals surface area (Å²) >= 11 is 0. The smallest absolute Gasteiger partial charge is 0.225 e. The van der Waals surface area contributed by atoms with E-state index in [9.17, 15) is 9.90 Å². The van der Waals surface area contributed by atoms with Gasteiger partial charge in [-0.25, -0.2) is 15.0 Å². The maximum absolute atomic E-state index is 12.5. The van der Waals surface area contributed by atoms with Crippen LogP contribution in [-0.2, 0) is 9.53 Å². The minimum absolute atomic E-state index is 0.00970. The van der Waals surface area contributed by atoms with Crippen LogP contribution in [0.25, 0.3) is 11.2 Å². The average molecular weight is 500 g/mol. The lowest BCUT2D eigenvalue weighted by Gasteiger charge is -2.13. The number of amides is 1. The Morgan fingerprint density at radius 2 is 1.69 bits per heavy atom. The molecule has 1 saturated heterocycles. The first kappa shape index (κ1) is 28.3. The number of carbonyl (C=O) groups is 1. The van der Waals surface area contributed by atoms with Gasteiger partial charge in [-0.05, 0) is 44.9 Å². The zero-order chi connectivity index (χ0) is 25.4. The van der Waals surface area contributed by atoms with E-state index in [4.69, 9.17) is 4.74 Å². The van der Waals surface area contributed by atoms with E-state index in [1.54, 1.807) is 6.33 Å². The summed E-state index contributed by atoms with van der Waals surface area (Å²) in [6.07, 6.45) is 25.6. The molecule has 8 heteroatoms. The monoisotopic (exact) mass is 499 g/mol. The Balaban J connectivity index is 1.26. The van der Waals surface area contributed by atoms with Gasteiger partial charge in [-0.2, -0.15) is 0 Å². The van der Waals surface area contributed by atoms with Crippen LogP contribution in [0.3, 0.4) is 0 Å². The molecule has 8 nitrogen and oxygen atoms in total. The molecule has 1 fully saturated rings. The molecule has 1 amide bonds. The van der Waals surface area contributed by atoms with Crippen LogP contribution in [-0.4, -0.2) is 43.2 Å². The molecule has 3 heterocycles. The molecular weight excluding hydrogens is 454 g/mol. The van der Waals surface area contributed by atoms with Gasteiger partial charge in [-0.1, -0.05) is 70.4 Å². The van der Waals surface area contributed by atoms with Crippen molar-refractivity contribution in [1.29, 1.82) is 0 Å². The Bertz CT molecular complexity index is 929. The highest BCUT2D eigenvalue weighted by Gasteiger charge is 2.28. The molecule has 0 aromatic carbocycles. The number of aromatic nitrogens is 4. The third-order valence-corrected chi connectivity index (χ3v) is 6.88. The molecule has 3 rings (SSSR count). The lowest BCUT2D eigenvalue weighted by Crippen LogP contribution is -2.15. The average Bonchev–Trinajstić information content (AvgIpc) is 3.54. The fourth-order valence-corrected chi connectivity index (χ4v) is 4.73. The molecule has 0 bridgehead atoms. The summed E-state index contributed by atoms with van der Waals surface area (Å²) in [4.78, 5) is 25.5.